The number of aliphatic hydroxyl groups excluding tert-OH is 1. The zero-order valence-corrected chi connectivity index (χ0v) is 19.2. The van der Waals surface area contributed by atoms with Crippen molar-refractivity contribution in [2.75, 3.05) is 10.8 Å². The fourth-order valence-corrected chi connectivity index (χ4v) is 5.51. The van der Waals surface area contributed by atoms with E-state index in [-0.39, 0.29) is 27.2 Å². The van der Waals surface area contributed by atoms with E-state index >= 15 is 0 Å². The summed E-state index contributed by atoms with van der Waals surface area (Å²) in [6.45, 7) is -0.905. The lowest BCUT2D eigenvalue weighted by Gasteiger charge is -2.23. The van der Waals surface area contributed by atoms with Crippen molar-refractivity contribution < 1.29 is 23.4 Å². The smallest absolute Gasteiger partial charge is 0.324 e. The Hall–Kier alpha value is -3.11. The number of sulfonamides is 1. The molecule has 0 amide bonds. The van der Waals surface area contributed by atoms with Crippen LogP contribution in [0.2, 0.25) is 10.0 Å². The highest BCUT2D eigenvalue weighted by molar-refractivity contribution is 7.92. The normalized spacial score (nSPS) is 11.6. The standard InChI is InChI=1S/C22H17Cl2N3O5S/c23-16-8-17(24)10-19(9-16)33(31,32)27(12-22(29)30)18-2-3-20-15(7-18)5-6-26(20)21-4-1-14(13-28)11-25-21/h1-11,28H,12-13H2,(H,29,30). The largest absolute Gasteiger partial charge is 0.480 e. The first-order chi connectivity index (χ1) is 15.7. The van der Waals surface area contributed by atoms with Crippen LogP contribution < -0.4 is 4.31 Å². The SMILES string of the molecule is O=C(O)CN(c1ccc2c(ccn2-c2ccc(CO)cn2)c1)S(=O)(=O)c1cc(Cl)cc(Cl)c1. The molecule has 2 aromatic carbocycles. The van der Waals surface area contributed by atoms with Crippen LogP contribution in [0.15, 0.2) is 71.9 Å². The summed E-state index contributed by atoms with van der Waals surface area (Å²) < 4.78 is 29.2. The van der Waals surface area contributed by atoms with Gasteiger partial charge in [-0.3, -0.25) is 9.10 Å². The first kappa shape index (κ1) is 23.1. The number of aliphatic hydroxyl groups is 1. The number of halogens is 2. The number of carboxylic acids is 1. The molecule has 0 saturated carbocycles. The summed E-state index contributed by atoms with van der Waals surface area (Å²) in [5, 5.41) is 19.5. The maximum Gasteiger partial charge on any atom is 0.324 e. The van der Waals surface area contributed by atoms with Crippen molar-refractivity contribution in [1.29, 1.82) is 0 Å². The molecule has 2 N–H and O–H groups in total. The van der Waals surface area contributed by atoms with Crippen LogP contribution in [0, 0.1) is 0 Å². The molecule has 0 saturated heterocycles. The Kier molecular flexibility index (Phi) is 6.31. The number of anilines is 1. The first-order valence-electron chi connectivity index (χ1n) is 9.57. The van der Waals surface area contributed by atoms with E-state index in [2.05, 4.69) is 4.98 Å². The molecule has 0 spiro atoms. The molecular formula is C22H17Cl2N3O5S. The van der Waals surface area contributed by atoms with Gasteiger partial charge in [-0.2, -0.15) is 0 Å². The van der Waals surface area contributed by atoms with Crippen LogP contribution in [0.25, 0.3) is 16.7 Å². The van der Waals surface area contributed by atoms with Gasteiger partial charge in [0.25, 0.3) is 10.0 Å². The maximum absolute atomic E-state index is 13.3. The number of aromatic nitrogens is 2. The van der Waals surface area contributed by atoms with Crippen molar-refractivity contribution in [2.45, 2.75) is 11.5 Å². The first-order valence-corrected chi connectivity index (χ1v) is 11.8. The molecular weight excluding hydrogens is 489 g/mol. The van der Waals surface area contributed by atoms with Gasteiger partial charge in [0.05, 0.1) is 22.7 Å². The van der Waals surface area contributed by atoms with Crippen molar-refractivity contribution in [3.05, 3.63) is 82.6 Å². The Morgan fingerprint density at radius 2 is 1.76 bits per heavy atom. The van der Waals surface area contributed by atoms with Crippen molar-refractivity contribution >= 4 is 55.8 Å². The number of pyridine rings is 1. The van der Waals surface area contributed by atoms with Gasteiger partial charge in [0, 0.05) is 27.8 Å². The van der Waals surface area contributed by atoms with Crippen LogP contribution in [-0.2, 0) is 21.4 Å². The van der Waals surface area contributed by atoms with E-state index in [9.17, 15) is 23.4 Å². The van der Waals surface area contributed by atoms with Crippen LogP contribution in [-0.4, -0.2) is 40.7 Å². The Balaban J connectivity index is 1.79. The Morgan fingerprint density at radius 1 is 1.03 bits per heavy atom. The molecule has 2 aromatic heterocycles. The highest BCUT2D eigenvalue weighted by Crippen LogP contribution is 2.31. The monoisotopic (exact) mass is 505 g/mol. The average molecular weight is 506 g/mol. The second-order valence-electron chi connectivity index (χ2n) is 7.12. The minimum absolute atomic E-state index is 0.114. The van der Waals surface area contributed by atoms with E-state index in [1.807, 2.05) is 0 Å². The number of aliphatic carboxylic acids is 1. The lowest BCUT2D eigenvalue weighted by atomic mass is 10.2. The number of hydrogen-bond acceptors (Lipinski definition) is 5. The molecule has 0 bridgehead atoms. The van der Waals surface area contributed by atoms with Crippen LogP contribution in [0.5, 0.6) is 0 Å². The molecule has 0 fully saturated rings. The summed E-state index contributed by atoms with van der Waals surface area (Å²) >= 11 is 11.9. The Labute approximate surface area is 199 Å². The van der Waals surface area contributed by atoms with Crippen LogP contribution in [0.3, 0.4) is 0 Å². The van der Waals surface area contributed by atoms with Crippen molar-refractivity contribution in [3.63, 3.8) is 0 Å². The molecule has 33 heavy (non-hydrogen) atoms. The van der Waals surface area contributed by atoms with Gasteiger partial charge in [0.15, 0.2) is 0 Å². The summed E-state index contributed by atoms with van der Waals surface area (Å²) in [4.78, 5) is 15.6. The third-order valence-electron chi connectivity index (χ3n) is 4.90. The molecule has 0 aliphatic rings. The van der Waals surface area contributed by atoms with Gasteiger partial charge in [-0.1, -0.05) is 29.3 Å². The van der Waals surface area contributed by atoms with E-state index in [0.29, 0.717) is 16.8 Å². The predicted molar refractivity (Wildman–Crippen MR) is 126 cm³/mol. The number of fused-ring (bicyclic) bond motifs is 1. The molecule has 170 valence electrons. The number of nitrogens with zero attached hydrogens (tertiary/aromatic N) is 3. The van der Waals surface area contributed by atoms with Gasteiger partial charge in [-0.25, -0.2) is 13.4 Å². The van der Waals surface area contributed by atoms with Gasteiger partial charge in [0.1, 0.15) is 12.4 Å². The third kappa shape index (κ3) is 4.67. The second-order valence-corrected chi connectivity index (χ2v) is 9.86. The molecule has 0 atom stereocenters. The molecule has 0 aliphatic heterocycles. The zero-order chi connectivity index (χ0) is 23.8. The van der Waals surface area contributed by atoms with Gasteiger partial charge in [-0.05, 0) is 54.1 Å². The van der Waals surface area contributed by atoms with E-state index in [4.69, 9.17) is 23.2 Å². The zero-order valence-electron chi connectivity index (χ0n) is 16.9. The summed E-state index contributed by atoms with van der Waals surface area (Å²) in [7, 11) is -4.28. The predicted octanol–water partition coefficient (Wildman–Crippen LogP) is 4.10. The number of carboxylic acid groups (broad SMARTS) is 1. The number of carbonyl (C=O) groups is 1. The molecule has 0 unspecified atom stereocenters. The number of hydrogen-bond donors (Lipinski definition) is 2. The summed E-state index contributed by atoms with van der Waals surface area (Å²) in [5.74, 6) is -0.712. The molecule has 0 radical (unpaired) electrons. The average Bonchev–Trinajstić information content (AvgIpc) is 3.20. The number of rotatable bonds is 7. The minimum atomic E-state index is -4.28. The fraction of sp³-hybridized carbons (Fsp3) is 0.0909. The van der Waals surface area contributed by atoms with E-state index < -0.39 is 22.5 Å². The molecule has 0 aliphatic carbocycles. The third-order valence-corrected chi connectivity index (χ3v) is 7.09. The van der Waals surface area contributed by atoms with Crippen molar-refractivity contribution in [1.82, 2.24) is 9.55 Å². The Morgan fingerprint density at radius 3 is 2.36 bits per heavy atom. The molecule has 2 heterocycles. The van der Waals surface area contributed by atoms with E-state index in [1.165, 1.54) is 24.3 Å². The lowest BCUT2D eigenvalue weighted by Crippen LogP contribution is -2.35. The van der Waals surface area contributed by atoms with Gasteiger partial charge in [-0.15, -0.1) is 0 Å². The summed E-state index contributed by atoms with van der Waals surface area (Å²) in [5.41, 5.74) is 1.58. The molecule has 4 aromatic rings. The van der Waals surface area contributed by atoms with Gasteiger partial charge in [0.2, 0.25) is 0 Å². The van der Waals surface area contributed by atoms with Crippen LogP contribution >= 0.6 is 23.2 Å². The number of benzene rings is 2. The molecule has 8 nitrogen and oxygen atoms in total. The van der Waals surface area contributed by atoms with Gasteiger partial charge < -0.3 is 14.8 Å². The second kappa shape index (κ2) is 9.03. The molecule has 4 rings (SSSR count). The van der Waals surface area contributed by atoms with Crippen molar-refractivity contribution in [2.24, 2.45) is 0 Å². The summed E-state index contributed by atoms with van der Waals surface area (Å²) in [6, 6.07) is 13.9. The van der Waals surface area contributed by atoms with E-state index in [1.54, 1.807) is 47.3 Å². The topological polar surface area (TPSA) is 113 Å². The van der Waals surface area contributed by atoms with Crippen LogP contribution in [0.4, 0.5) is 5.69 Å². The van der Waals surface area contributed by atoms with Crippen molar-refractivity contribution in [3.8, 4) is 5.82 Å². The van der Waals surface area contributed by atoms with E-state index in [0.717, 1.165) is 9.82 Å². The maximum atomic E-state index is 13.3. The fourth-order valence-electron chi connectivity index (χ4n) is 3.38. The quantitative estimate of drug-likeness (QED) is 0.390. The highest BCUT2D eigenvalue weighted by atomic mass is 35.5. The minimum Gasteiger partial charge on any atom is -0.480 e. The van der Waals surface area contributed by atoms with Crippen LogP contribution in [0.1, 0.15) is 5.56 Å². The highest BCUT2D eigenvalue weighted by Gasteiger charge is 2.28. The summed E-state index contributed by atoms with van der Waals surface area (Å²) in [6.07, 6.45) is 3.33. The Bertz CT molecular complexity index is 1430. The van der Waals surface area contributed by atoms with Gasteiger partial charge >= 0.3 is 5.97 Å². The lowest BCUT2D eigenvalue weighted by molar-refractivity contribution is -0.135. The molecule has 11 heteroatoms.